The molecule has 5 heteroatoms. The highest BCUT2D eigenvalue weighted by molar-refractivity contribution is 6.31. The summed E-state index contributed by atoms with van der Waals surface area (Å²) in [7, 11) is 0. The van der Waals surface area contributed by atoms with E-state index in [1.54, 1.807) is 11.0 Å². The molecule has 0 radical (unpaired) electrons. The summed E-state index contributed by atoms with van der Waals surface area (Å²) >= 11 is 6.10. The second-order valence-corrected chi connectivity index (χ2v) is 7.01. The van der Waals surface area contributed by atoms with E-state index in [2.05, 4.69) is 5.32 Å². The molecule has 0 unspecified atom stereocenters. The summed E-state index contributed by atoms with van der Waals surface area (Å²) in [6, 6.07) is 11.4. The molecule has 2 amide bonds. The largest absolute Gasteiger partial charge is 0.326 e. The third-order valence-electron chi connectivity index (χ3n) is 4.64. The highest BCUT2D eigenvalue weighted by Gasteiger charge is 2.36. The van der Waals surface area contributed by atoms with Gasteiger partial charge in [0.25, 0.3) is 0 Å². The Morgan fingerprint density at radius 1 is 1.12 bits per heavy atom. The van der Waals surface area contributed by atoms with Crippen molar-refractivity contribution in [2.24, 2.45) is 5.92 Å². The van der Waals surface area contributed by atoms with Gasteiger partial charge >= 0.3 is 0 Å². The quantitative estimate of drug-likeness (QED) is 0.893. The predicted octanol–water partition coefficient (Wildman–Crippen LogP) is 4.26. The summed E-state index contributed by atoms with van der Waals surface area (Å²) in [5.41, 5.74) is 4.61. The van der Waals surface area contributed by atoms with Crippen LogP contribution in [-0.4, -0.2) is 18.4 Å². The number of anilines is 2. The third-order valence-corrected chi connectivity index (χ3v) is 5.05. The summed E-state index contributed by atoms with van der Waals surface area (Å²) in [6.07, 6.45) is 0.221. The zero-order valence-corrected chi connectivity index (χ0v) is 15.4. The summed E-state index contributed by atoms with van der Waals surface area (Å²) in [5.74, 6) is -0.534. The van der Waals surface area contributed by atoms with Gasteiger partial charge in [-0.15, -0.1) is 0 Å². The highest BCUT2D eigenvalue weighted by atomic mass is 35.5. The zero-order valence-electron chi connectivity index (χ0n) is 14.6. The molecule has 0 aromatic heterocycles. The summed E-state index contributed by atoms with van der Waals surface area (Å²) in [6.45, 7) is 6.27. The molecule has 25 heavy (non-hydrogen) atoms. The maximum atomic E-state index is 12.6. The number of nitrogens with one attached hydrogen (secondary N) is 1. The van der Waals surface area contributed by atoms with E-state index in [1.165, 1.54) is 0 Å². The van der Waals surface area contributed by atoms with E-state index >= 15 is 0 Å². The number of hydrogen-bond donors (Lipinski definition) is 1. The van der Waals surface area contributed by atoms with Crippen molar-refractivity contribution in [3.05, 3.63) is 58.1 Å². The van der Waals surface area contributed by atoms with E-state index in [0.717, 1.165) is 22.4 Å². The van der Waals surface area contributed by atoms with E-state index < -0.39 is 0 Å². The normalized spacial score (nSPS) is 17.0. The molecule has 1 N–H and O–H groups in total. The average Bonchev–Trinajstić information content (AvgIpc) is 2.93. The van der Waals surface area contributed by atoms with Crippen LogP contribution in [-0.2, 0) is 9.59 Å². The number of carbonyl (C=O) groups is 2. The molecular formula is C20H21ClN2O2. The summed E-state index contributed by atoms with van der Waals surface area (Å²) in [5, 5.41) is 3.48. The van der Waals surface area contributed by atoms with E-state index in [0.29, 0.717) is 17.3 Å². The van der Waals surface area contributed by atoms with Crippen LogP contribution >= 0.6 is 11.6 Å². The van der Waals surface area contributed by atoms with Gasteiger partial charge in [0.05, 0.1) is 5.92 Å². The minimum atomic E-state index is -0.369. The molecular weight excluding hydrogens is 336 g/mol. The number of para-hydroxylation sites is 1. The average molecular weight is 357 g/mol. The van der Waals surface area contributed by atoms with Crippen LogP contribution in [0.4, 0.5) is 11.4 Å². The number of halogens is 1. The Morgan fingerprint density at radius 3 is 2.44 bits per heavy atom. The van der Waals surface area contributed by atoms with E-state index in [-0.39, 0.29) is 24.2 Å². The number of amides is 2. The Bertz CT molecular complexity index is 827. The minimum Gasteiger partial charge on any atom is -0.326 e. The van der Waals surface area contributed by atoms with Gasteiger partial charge in [0, 0.05) is 29.4 Å². The Morgan fingerprint density at radius 2 is 1.80 bits per heavy atom. The molecule has 0 saturated carbocycles. The lowest BCUT2D eigenvalue weighted by molar-refractivity contribution is -0.122. The van der Waals surface area contributed by atoms with Crippen LogP contribution in [0.2, 0.25) is 5.02 Å². The van der Waals surface area contributed by atoms with Crippen LogP contribution in [0, 0.1) is 26.7 Å². The van der Waals surface area contributed by atoms with Crippen molar-refractivity contribution in [3.63, 3.8) is 0 Å². The van der Waals surface area contributed by atoms with E-state index in [4.69, 9.17) is 11.6 Å². The van der Waals surface area contributed by atoms with Crippen LogP contribution in [0.5, 0.6) is 0 Å². The molecule has 1 heterocycles. The number of aryl methyl sites for hydroxylation is 3. The van der Waals surface area contributed by atoms with Crippen molar-refractivity contribution in [2.45, 2.75) is 27.2 Å². The van der Waals surface area contributed by atoms with Gasteiger partial charge in [-0.25, -0.2) is 0 Å². The maximum absolute atomic E-state index is 12.6. The van der Waals surface area contributed by atoms with Crippen LogP contribution < -0.4 is 10.2 Å². The Kier molecular flexibility index (Phi) is 4.82. The second-order valence-electron chi connectivity index (χ2n) is 6.60. The van der Waals surface area contributed by atoms with Gasteiger partial charge in [0.1, 0.15) is 0 Å². The lowest BCUT2D eigenvalue weighted by Crippen LogP contribution is -2.29. The van der Waals surface area contributed by atoms with Crippen molar-refractivity contribution in [3.8, 4) is 0 Å². The number of hydrogen-bond acceptors (Lipinski definition) is 2. The smallest absolute Gasteiger partial charge is 0.229 e. The molecule has 1 atom stereocenters. The van der Waals surface area contributed by atoms with Gasteiger partial charge in [-0.3, -0.25) is 9.59 Å². The first kappa shape index (κ1) is 17.5. The SMILES string of the molecule is Cc1ccc(NC(=O)[C@H]2CC(=O)N(c3c(C)cccc3C)C2)cc1Cl. The van der Waals surface area contributed by atoms with Crippen LogP contribution in [0.1, 0.15) is 23.1 Å². The lowest BCUT2D eigenvalue weighted by Gasteiger charge is -2.21. The highest BCUT2D eigenvalue weighted by Crippen LogP contribution is 2.31. The van der Waals surface area contributed by atoms with Crippen molar-refractivity contribution >= 4 is 34.8 Å². The van der Waals surface area contributed by atoms with Crippen molar-refractivity contribution < 1.29 is 9.59 Å². The standard InChI is InChI=1S/C20H21ClN2O2/c1-12-7-8-16(10-17(12)21)22-20(25)15-9-18(24)23(11-15)19-13(2)5-4-6-14(19)3/h4-8,10,15H,9,11H2,1-3H3,(H,22,25)/t15-/m0/s1. The maximum Gasteiger partial charge on any atom is 0.229 e. The molecule has 1 fully saturated rings. The number of benzene rings is 2. The van der Waals surface area contributed by atoms with Gasteiger partial charge in [0.15, 0.2) is 0 Å². The molecule has 1 aliphatic heterocycles. The molecule has 4 nitrogen and oxygen atoms in total. The van der Waals surface area contributed by atoms with Crippen molar-refractivity contribution in [1.82, 2.24) is 0 Å². The van der Waals surface area contributed by atoms with Gasteiger partial charge in [0.2, 0.25) is 11.8 Å². The Balaban J connectivity index is 1.75. The molecule has 3 rings (SSSR count). The third kappa shape index (κ3) is 3.54. The first-order valence-electron chi connectivity index (χ1n) is 8.30. The molecule has 2 aromatic rings. The fourth-order valence-corrected chi connectivity index (χ4v) is 3.43. The molecule has 1 saturated heterocycles. The van der Waals surface area contributed by atoms with E-state index in [9.17, 15) is 9.59 Å². The van der Waals surface area contributed by atoms with Crippen LogP contribution in [0.15, 0.2) is 36.4 Å². The van der Waals surface area contributed by atoms with Crippen molar-refractivity contribution in [2.75, 3.05) is 16.8 Å². The van der Waals surface area contributed by atoms with Gasteiger partial charge < -0.3 is 10.2 Å². The summed E-state index contributed by atoms with van der Waals surface area (Å²) < 4.78 is 0. The number of rotatable bonds is 3. The summed E-state index contributed by atoms with van der Waals surface area (Å²) in [4.78, 5) is 26.8. The van der Waals surface area contributed by atoms with Gasteiger partial charge in [-0.1, -0.05) is 35.9 Å². The van der Waals surface area contributed by atoms with Crippen molar-refractivity contribution in [1.29, 1.82) is 0 Å². The molecule has 0 bridgehead atoms. The predicted molar refractivity (Wildman–Crippen MR) is 101 cm³/mol. The fourth-order valence-electron chi connectivity index (χ4n) is 3.25. The fraction of sp³-hybridized carbons (Fsp3) is 0.300. The first-order valence-corrected chi connectivity index (χ1v) is 8.68. The minimum absolute atomic E-state index is 0.0144. The molecule has 0 spiro atoms. The lowest BCUT2D eigenvalue weighted by atomic mass is 10.1. The monoisotopic (exact) mass is 356 g/mol. The molecule has 2 aromatic carbocycles. The zero-order chi connectivity index (χ0) is 18.1. The Labute approximate surface area is 152 Å². The topological polar surface area (TPSA) is 49.4 Å². The second kappa shape index (κ2) is 6.89. The van der Waals surface area contributed by atoms with E-state index in [1.807, 2.05) is 51.1 Å². The number of carbonyl (C=O) groups excluding carboxylic acids is 2. The van der Waals surface area contributed by atoms with Gasteiger partial charge in [-0.2, -0.15) is 0 Å². The van der Waals surface area contributed by atoms with Crippen LogP contribution in [0.25, 0.3) is 0 Å². The number of nitrogens with zero attached hydrogens (tertiary/aromatic N) is 1. The molecule has 1 aliphatic rings. The Hall–Kier alpha value is -2.33. The van der Waals surface area contributed by atoms with Gasteiger partial charge in [-0.05, 0) is 49.6 Å². The molecule has 130 valence electrons. The molecule has 0 aliphatic carbocycles. The first-order chi connectivity index (χ1) is 11.9. The van der Waals surface area contributed by atoms with Crippen LogP contribution in [0.3, 0.4) is 0 Å².